The van der Waals surface area contributed by atoms with E-state index in [1.54, 1.807) is 0 Å². The Balaban J connectivity index is 1.86. The van der Waals surface area contributed by atoms with Crippen molar-refractivity contribution in [2.24, 2.45) is 11.8 Å². The summed E-state index contributed by atoms with van der Waals surface area (Å²) in [7, 11) is 2.24. The normalized spacial score (nSPS) is 38.3. The third-order valence-corrected chi connectivity index (χ3v) is 3.86. The van der Waals surface area contributed by atoms with E-state index in [1.807, 2.05) is 0 Å². The summed E-state index contributed by atoms with van der Waals surface area (Å²) in [5, 5.41) is 3.67. The number of hydrogen-bond acceptors (Lipinski definition) is 2. The van der Waals surface area contributed by atoms with E-state index < -0.39 is 0 Å². The van der Waals surface area contributed by atoms with Crippen LogP contribution in [0.1, 0.15) is 26.2 Å². The highest BCUT2D eigenvalue weighted by Crippen LogP contribution is 2.28. The van der Waals surface area contributed by atoms with E-state index in [2.05, 4.69) is 24.2 Å². The molecular formula is C11H22N2. The van der Waals surface area contributed by atoms with Crippen LogP contribution in [0.15, 0.2) is 0 Å². The van der Waals surface area contributed by atoms with Gasteiger partial charge in [-0.3, -0.25) is 0 Å². The molecule has 0 aromatic rings. The fourth-order valence-corrected chi connectivity index (χ4v) is 2.88. The van der Waals surface area contributed by atoms with Gasteiger partial charge in [0.1, 0.15) is 0 Å². The summed E-state index contributed by atoms with van der Waals surface area (Å²) < 4.78 is 0. The smallest absolute Gasteiger partial charge is 0.0122 e. The van der Waals surface area contributed by atoms with E-state index in [0.717, 1.165) is 17.9 Å². The highest BCUT2D eigenvalue weighted by molar-refractivity contribution is 4.88. The molecule has 0 spiro atoms. The summed E-state index contributed by atoms with van der Waals surface area (Å²) in [6.45, 7) is 6.26. The Morgan fingerprint density at radius 1 is 1.15 bits per heavy atom. The van der Waals surface area contributed by atoms with E-state index in [1.165, 1.54) is 38.9 Å². The number of likely N-dealkylation sites (tertiary alicyclic amines) is 1. The second-order valence-corrected chi connectivity index (χ2v) is 4.89. The Morgan fingerprint density at radius 3 is 2.38 bits per heavy atom. The first-order valence-electron chi connectivity index (χ1n) is 5.69. The molecule has 0 radical (unpaired) electrons. The molecule has 2 atom stereocenters. The minimum absolute atomic E-state index is 0.827. The summed E-state index contributed by atoms with van der Waals surface area (Å²) in [6.07, 6.45) is 4.19. The van der Waals surface area contributed by atoms with Crippen LogP contribution in [-0.2, 0) is 0 Å². The highest BCUT2D eigenvalue weighted by Gasteiger charge is 2.31. The zero-order chi connectivity index (χ0) is 9.26. The zero-order valence-corrected chi connectivity index (χ0v) is 8.92. The Labute approximate surface area is 81.7 Å². The molecule has 0 aliphatic carbocycles. The first-order chi connectivity index (χ1) is 6.27. The second-order valence-electron chi connectivity index (χ2n) is 4.89. The van der Waals surface area contributed by atoms with Gasteiger partial charge in [0.05, 0.1) is 0 Å². The number of rotatable bonds is 1. The lowest BCUT2D eigenvalue weighted by atomic mass is 9.84. The maximum absolute atomic E-state index is 3.67. The van der Waals surface area contributed by atoms with E-state index in [9.17, 15) is 0 Å². The zero-order valence-electron chi connectivity index (χ0n) is 8.92. The molecule has 0 bridgehead atoms. The number of hydrogen-bond donors (Lipinski definition) is 1. The number of piperidine rings is 1. The molecular weight excluding hydrogens is 160 g/mol. The molecule has 0 aromatic heterocycles. The van der Waals surface area contributed by atoms with Gasteiger partial charge in [0.25, 0.3) is 0 Å². The molecule has 2 aliphatic heterocycles. The molecule has 13 heavy (non-hydrogen) atoms. The molecule has 2 fully saturated rings. The first-order valence-corrected chi connectivity index (χ1v) is 5.69. The van der Waals surface area contributed by atoms with Gasteiger partial charge in [-0.15, -0.1) is 0 Å². The Kier molecular flexibility index (Phi) is 2.89. The van der Waals surface area contributed by atoms with Gasteiger partial charge in [0.2, 0.25) is 0 Å². The Morgan fingerprint density at radius 2 is 1.85 bits per heavy atom. The molecule has 2 heterocycles. The minimum Gasteiger partial charge on any atom is -0.313 e. The van der Waals surface area contributed by atoms with Crippen LogP contribution in [0.2, 0.25) is 0 Å². The Hall–Kier alpha value is -0.0800. The predicted molar refractivity (Wildman–Crippen MR) is 55.8 cm³/mol. The fourth-order valence-electron chi connectivity index (χ4n) is 2.88. The summed E-state index contributed by atoms with van der Waals surface area (Å²) in [6, 6.07) is 0.827. The Bertz CT molecular complexity index is 161. The molecule has 2 unspecified atom stereocenters. The molecule has 0 amide bonds. The van der Waals surface area contributed by atoms with Crippen molar-refractivity contribution in [3.8, 4) is 0 Å². The molecule has 76 valence electrons. The summed E-state index contributed by atoms with van der Waals surface area (Å²) in [5.74, 6) is 1.86. The minimum atomic E-state index is 0.827. The van der Waals surface area contributed by atoms with Gasteiger partial charge in [-0.05, 0) is 57.8 Å². The molecule has 2 saturated heterocycles. The van der Waals surface area contributed by atoms with Gasteiger partial charge < -0.3 is 10.2 Å². The van der Waals surface area contributed by atoms with Gasteiger partial charge in [-0.2, -0.15) is 0 Å². The van der Waals surface area contributed by atoms with Crippen LogP contribution >= 0.6 is 0 Å². The maximum atomic E-state index is 3.67. The van der Waals surface area contributed by atoms with E-state index in [4.69, 9.17) is 0 Å². The lowest BCUT2D eigenvalue weighted by Crippen LogP contribution is -2.41. The molecule has 0 aromatic carbocycles. The molecule has 2 aliphatic rings. The SMILES string of the molecule is CC1CCNC1C1CCN(C)CC1. The van der Waals surface area contributed by atoms with Crippen molar-refractivity contribution >= 4 is 0 Å². The predicted octanol–water partition coefficient (Wildman–Crippen LogP) is 1.33. The van der Waals surface area contributed by atoms with Crippen LogP contribution in [0.25, 0.3) is 0 Å². The van der Waals surface area contributed by atoms with Crippen LogP contribution in [0.5, 0.6) is 0 Å². The lowest BCUT2D eigenvalue weighted by Gasteiger charge is -2.34. The van der Waals surface area contributed by atoms with E-state index in [0.29, 0.717) is 0 Å². The summed E-state index contributed by atoms with van der Waals surface area (Å²) in [4.78, 5) is 2.45. The maximum Gasteiger partial charge on any atom is 0.0122 e. The molecule has 1 N–H and O–H groups in total. The largest absolute Gasteiger partial charge is 0.313 e. The quantitative estimate of drug-likeness (QED) is 0.658. The molecule has 2 heteroatoms. The average Bonchev–Trinajstić information content (AvgIpc) is 2.53. The van der Waals surface area contributed by atoms with Gasteiger partial charge in [-0.25, -0.2) is 0 Å². The van der Waals surface area contributed by atoms with Gasteiger partial charge in [0, 0.05) is 6.04 Å². The van der Waals surface area contributed by atoms with Crippen molar-refractivity contribution in [1.29, 1.82) is 0 Å². The van der Waals surface area contributed by atoms with Crippen molar-refractivity contribution in [3.05, 3.63) is 0 Å². The summed E-state index contributed by atoms with van der Waals surface area (Å²) >= 11 is 0. The molecule has 0 saturated carbocycles. The lowest BCUT2D eigenvalue weighted by molar-refractivity contribution is 0.177. The van der Waals surface area contributed by atoms with Crippen molar-refractivity contribution in [1.82, 2.24) is 10.2 Å². The van der Waals surface area contributed by atoms with Gasteiger partial charge in [0.15, 0.2) is 0 Å². The van der Waals surface area contributed by atoms with Crippen LogP contribution in [0, 0.1) is 11.8 Å². The fraction of sp³-hybridized carbons (Fsp3) is 1.00. The van der Waals surface area contributed by atoms with Crippen LogP contribution in [-0.4, -0.2) is 37.6 Å². The van der Waals surface area contributed by atoms with Crippen molar-refractivity contribution < 1.29 is 0 Å². The highest BCUT2D eigenvalue weighted by atomic mass is 15.1. The third-order valence-electron chi connectivity index (χ3n) is 3.86. The average molecular weight is 182 g/mol. The number of nitrogens with zero attached hydrogens (tertiary/aromatic N) is 1. The van der Waals surface area contributed by atoms with Gasteiger partial charge >= 0.3 is 0 Å². The van der Waals surface area contributed by atoms with Crippen molar-refractivity contribution in [2.75, 3.05) is 26.7 Å². The second kappa shape index (κ2) is 3.97. The monoisotopic (exact) mass is 182 g/mol. The molecule has 2 nitrogen and oxygen atoms in total. The van der Waals surface area contributed by atoms with E-state index in [-0.39, 0.29) is 0 Å². The van der Waals surface area contributed by atoms with Crippen LogP contribution in [0.3, 0.4) is 0 Å². The third kappa shape index (κ3) is 2.05. The van der Waals surface area contributed by atoms with E-state index >= 15 is 0 Å². The standard InChI is InChI=1S/C11H22N2/c1-9-3-6-12-11(9)10-4-7-13(2)8-5-10/h9-12H,3-8H2,1-2H3. The molecule has 2 rings (SSSR count). The van der Waals surface area contributed by atoms with Crippen molar-refractivity contribution in [2.45, 2.75) is 32.2 Å². The van der Waals surface area contributed by atoms with Gasteiger partial charge in [-0.1, -0.05) is 6.92 Å². The van der Waals surface area contributed by atoms with Crippen LogP contribution < -0.4 is 5.32 Å². The number of nitrogens with one attached hydrogen (secondary N) is 1. The topological polar surface area (TPSA) is 15.3 Å². The first kappa shape index (κ1) is 9.47. The van der Waals surface area contributed by atoms with Crippen molar-refractivity contribution in [3.63, 3.8) is 0 Å². The summed E-state index contributed by atoms with van der Waals surface area (Å²) in [5.41, 5.74) is 0. The van der Waals surface area contributed by atoms with Crippen LogP contribution in [0.4, 0.5) is 0 Å².